The van der Waals surface area contributed by atoms with Gasteiger partial charge in [0, 0.05) is 16.9 Å². The van der Waals surface area contributed by atoms with E-state index in [0.717, 1.165) is 13.0 Å². The number of piperidine rings is 1. The van der Waals surface area contributed by atoms with E-state index in [9.17, 15) is 14.7 Å². The molecule has 3 rings (SSSR count). The Bertz CT molecular complexity index is 843. The molecule has 1 aliphatic heterocycles. The number of carbonyl (C=O) groups excluding carboxylic acids is 1. The van der Waals surface area contributed by atoms with Crippen molar-refractivity contribution in [2.24, 2.45) is 0 Å². The average Bonchev–Trinajstić information content (AvgIpc) is 2.54. The number of rotatable bonds is 4. The number of fused-ring (bicyclic) bond motifs is 1. The quantitative estimate of drug-likeness (QED) is 0.681. The van der Waals surface area contributed by atoms with Crippen LogP contribution in [0, 0.1) is 0 Å². The van der Waals surface area contributed by atoms with Gasteiger partial charge in [-0.1, -0.05) is 11.6 Å². The zero-order valence-corrected chi connectivity index (χ0v) is 17.3. The molecule has 2 aromatic rings. The predicted octanol–water partition coefficient (Wildman–Crippen LogP) is 2.46. The maximum absolute atomic E-state index is 12.5. The molecule has 25 heavy (non-hydrogen) atoms. The smallest absolute Gasteiger partial charge is 0.261 e. The van der Waals surface area contributed by atoms with Gasteiger partial charge in [0.1, 0.15) is 0 Å². The molecular weight excluding hydrogens is 477 g/mol. The van der Waals surface area contributed by atoms with Gasteiger partial charge in [-0.25, -0.2) is 4.98 Å². The number of aliphatic hydroxyl groups excluding tert-OH is 1. The first kappa shape index (κ1) is 20.5. The molecule has 2 atom stereocenters. The molecule has 0 aliphatic carbocycles. The van der Waals surface area contributed by atoms with E-state index in [0.29, 0.717) is 26.8 Å². The molecule has 1 aromatic heterocycles. The standard InChI is InChI=1S/C16H17BrClN3O3.BrH/c17-11-6-13-10(5-12(11)18)16(24)21(8-20-13)7-9(22)4-14-15(23)2-1-3-19-14;/h5-6,8,14-15,19,23H,1-4,7H2;1H/t14-,15-;/m0./s1. The molecule has 0 radical (unpaired) electrons. The number of Topliss-reactive ketones (excluding diaryl/α,β-unsaturated/α-hetero) is 1. The van der Waals surface area contributed by atoms with Gasteiger partial charge in [0.25, 0.3) is 5.56 Å². The Morgan fingerprint density at radius 2 is 2.24 bits per heavy atom. The van der Waals surface area contributed by atoms with Gasteiger partial charge < -0.3 is 10.4 Å². The molecule has 0 saturated carbocycles. The van der Waals surface area contributed by atoms with Gasteiger partial charge in [-0.3, -0.25) is 14.2 Å². The van der Waals surface area contributed by atoms with E-state index in [1.165, 1.54) is 10.9 Å². The van der Waals surface area contributed by atoms with Crippen molar-refractivity contribution in [2.75, 3.05) is 6.54 Å². The van der Waals surface area contributed by atoms with Crippen molar-refractivity contribution in [3.8, 4) is 0 Å². The van der Waals surface area contributed by atoms with Gasteiger partial charge in [-0.15, -0.1) is 17.0 Å². The summed E-state index contributed by atoms with van der Waals surface area (Å²) in [7, 11) is 0. The van der Waals surface area contributed by atoms with Crippen LogP contribution >= 0.6 is 44.5 Å². The number of carbonyl (C=O) groups is 1. The van der Waals surface area contributed by atoms with Crippen LogP contribution in [0.1, 0.15) is 19.3 Å². The lowest BCUT2D eigenvalue weighted by Gasteiger charge is -2.28. The first-order valence-corrected chi connectivity index (χ1v) is 8.90. The molecule has 1 saturated heterocycles. The first-order valence-electron chi connectivity index (χ1n) is 7.73. The van der Waals surface area contributed by atoms with Crippen LogP contribution in [0.3, 0.4) is 0 Å². The fourth-order valence-electron chi connectivity index (χ4n) is 2.91. The van der Waals surface area contributed by atoms with Crippen molar-refractivity contribution in [1.82, 2.24) is 14.9 Å². The van der Waals surface area contributed by atoms with Gasteiger partial charge in [-0.05, 0) is 47.4 Å². The third-order valence-electron chi connectivity index (χ3n) is 4.21. The number of nitrogens with one attached hydrogen (secondary N) is 1. The van der Waals surface area contributed by atoms with Crippen LogP contribution in [0.15, 0.2) is 27.7 Å². The Labute approximate surface area is 168 Å². The van der Waals surface area contributed by atoms with Crippen LogP contribution in [0.2, 0.25) is 5.02 Å². The molecule has 0 spiro atoms. The fourth-order valence-corrected chi connectivity index (χ4v) is 3.40. The second kappa shape index (κ2) is 8.73. The summed E-state index contributed by atoms with van der Waals surface area (Å²) in [6.07, 6.45) is 2.62. The van der Waals surface area contributed by atoms with Crippen molar-refractivity contribution in [3.63, 3.8) is 0 Å². The van der Waals surface area contributed by atoms with Gasteiger partial charge in [0.05, 0.1) is 34.9 Å². The summed E-state index contributed by atoms with van der Waals surface area (Å²) in [4.78, 5) is 29.0. The second-order valence-electron chi connectivity index (χ2n) is 5.97. The minimum Gasteiger partial charge on any atom is -0.391 e. The molecule has 6 nitrogen and oxygen atoms in total. The zero-order valence-electron chi connectivity index (χ0n) is 13.2. The number of aromatic nitrogens is 2. The van der Waals surface area contributed by atoms with Crippen LogP contribution in [-0.4, -0.2) is 39.1 Å². The van der Waals surface area contributed by atoms with Crippen LogP contribution < -0.4 is 10.9 Å². The molecule has 0 unspecified atom stereocenters. The number of halogens is 3. The highest BCUT2D eigenvalue weighted by Gasteiger charge is 2.25. The van der Waals surface area contributed by atoms with Crippen molar-refractivity contribution >= 4 is 61.2 Å². The van der Waals surface area contributed by atoms with E-state index < -0.39 is 6.10 Å². The van der Waals surface area contributed by atoms with E-state index in [1.54, 1.807) is 12.1 Å². The van der Waals surface area contributed by atoms with E-state index in [2.05, 4.69) is 26.2 Å². The SMILES string of the molecule is Br.O=C(C[C@@H]1NCCC[C@@H]1O)Cn1cnc2cc(Br)c(Cl)cc2c1=O. The number of hydrogen-bond donors (Lipinski definition) is 2. The number of hydrogen-bond acceptors (Lipinski definition) is 5. The van der Waals surface area contributed by atoms with Crippen molar-refractivity contribution in [1.29, 1.82) is 0 Å². The number of nitrogens with zero attached hydrogens (tertiary/aromatic N) is 2. The summed E-state index contributed by atoms with van der Waals surface area (Å²) in [5, 5.41) is 13.9. The summed E-state index contributed by atoms with van der Waals surface area (Å²) in [5.41, 5.74) is 0.212. The Balaban J connectivity index is 0.00000225. The van der Waals surface area contributed by atoms with Gasteiger partial charge >= 0.3 is 0 Å². The molecule has 2 N–H and O–H groups in total. The Kier molecular flexibility index (Phi) is 7.16. The molecular formula is C16H18Br2ClN3O3. The molecule has 2 heterocycles. The minimum absolute atomic E-state index is 0. The lowest BCUT2D eigenvalue weighted by molar-refractivity contribution is -0.121. The fraction of sp³-hybridized carbons (Fsp3) is 0.438. The van der Waals surface area contributed by atoms with Crippen molar-refractivity contribution < 1.29 is 9.90 Å². The molecule has 136 valence electrons. The summed E-state index contributed by atoms with van der Waals surface area (Å²) < 4.78 is 1.94. The maximum atomic E-state index is 12.5. The lowest BCUT2D eigenvalue weighted by atomic mass is 9.97. The number of aliphatic hydroxyl groups is 1. The normalized spacial score (nSPS) is 20.3. The summed E-state index contributed by atoms with van der Waals surface area (Å²) >= 11 is 9.33. The van der Waals surface area contributed by atoms with Crippen molar-refractivity contribution in [2.45, 2.75) is 38.0 Å². The first-order chi connectivity index (χ1) is 11.5. The highest BCUT2D eigenvalue weighted by Crippen LogP contribution is 2.25. The lowest BCUT2D eigenvalue weighted by Crippen LogP contribution is -2.46. The van der Waals surface area contributed by atoms with Crippen LogP contribution in [0.4, 0.5) is 0 Å². The van der Waals surface area contributed by atoms with E-state index in [4.69, 9.17) is 11.6 Å². The minimum atomic E-state index is -0.523. The summed E-state index contributed by atoms with van der Waals surface area (Å²) in [6, 6.07) is 2.97. The van der Waals surface area contributed by atoms with E-state index in [1.807, 2.05) is 0 Å². The maximum Gasteiger partial charge on any atom is 0.261 e. The van der Waals surface area contributed by atoms with Gasteiger partial charge in [0.2, 0.25) is 0 Å². The third-order valence-corrected chi connectivity index (χ3v) is 5.41. The van der Waals surface area contributed by atoms with Crippen LogP contribution in [0.25, 0.3) is 10.9 Å². The zero-order chi connectivity index (χ0) is 17.3. The summed E-state index contributed by atoms with van der Waals surface area (Å²) in [6.45, 7) is 0.722. The van der Waals surface area contributed by atoms with E-state index >= 15 is 0 Å². The highest BCUT2D eigenvalue weighted by molar-refractivity contribution is 9.10. The molecule has 0 amide bonds. The topological polar surface area (TPSA) is 84.2 Å². The second-order valence-corrected chi connectivity index (χ2v) is 7.24. The predicted molar refractivity (Wildman–Crippen MR) is 106 cm³/mol. The molecule has 0 bridgehead atoms. The largest absolute Gasteiger partial charge is 0.391 e. The molecule has 1 fully saturated rings. The number of ketones is 1. The highest BCUT2D eigenvalue weighted by atomic mass is 79.9. The Hall–Kier alpha value is -0.800. The molecule has 1 aromatic carbocycles. The number of benzene rings is 1. The summed E-state index contributed by atoms with van der Waals surface area (Å²) in [5.74, 6) is -0.125. The van der Waals surface area contributed by atoms with Gasteiger partial charge in [-0.2, -0.15) is 0 Å². The Morgan fingerprint density at radius 3 is 2.96 bits per heavy atom. The van der Waals surface area contributed by atoms with Crippen LogP contribution in [0.5, 0.6) is 0 Å². The molecule has 9 heteroatoms. The van der Waals surface area contributed by atoms with Crippen LogP contribution in [-0.2, 0) is 11.3 Å². The van der Waals surface area contributed by atoms with E-state index in [-0.39, 0.29) is 47.3 Å². The van der Waals surface area contributed by atoms with Gasteiger partial charge in [0.15, 0.2) is 5.78 Å². The third kappa shape index (κ3) is 4.68. The molecule has 1 aliphatic rings. The monoisotopic (exact) mass is 493 g/mol. The van der Waals surface area contributed by atoms with Crippen molar-refractivity contribution in [3.05, 3.63) is 38.3 Å². The average molecular weight is 496 g/mol. The Morgan fingerprint density at radius 1 is 1.48 bits per heavy atom.